The Labute approximate surface area is 189 Å². The van der Waals surface area contributed by atoms with Crippen molar-refractivity contribution >= 4 is 33.2 Å². The SMILES string of the molecule is O=C(CCCNC(=O)c1ccccc1)Nc1ccc(NS(=O)(=O)c2ccc(F)c(F)c2)cc1. The van der Waals surface area contributed by atoms with Gasteiger partial charge in [0.1, 0.15) is 0 Å². The molecule has 0 heterocycles. The first-order valence-electron chi connectivity index (χ1n) is 9.95. The van der Waals surface area contributed by atoms with Gasteiger partial charge in [-0.3, -0.25) is 14.3 Å². The van der Waals surface area contributed by atoms with Crippen LogP contribution >= 0.6 is 0 Å². The van der Waals surface area contributed by atoms with Gasteiger partial charge in [-0.1, -0.05) is 18.2 Å². The molecule has 3 rings (SSSR count). The molecular weight excluding hydrogens is 452 g/mol. The molecule has 172 valence electrons. The van der Waals surface area contributed by atoms with E-state index in [2.05, 4.69) is 15.4 Å². The average molecular weight is 474 g/mol. The van der Waals surface area contributed by atoms with Crippen molar-refractivity contribution in [2.24, 2.45) is 0 Å². The summed E-state index contributed by atoms with van der Waals surface area (Å²) in [6.45, 7) is 0.339. The van der Waals surface area contributed by atoms with Gasteiger partial charge in [0, 0.05) is 29.9 Å². The fourth-order valence-electron chi connectivity index (χ4n) is 2.85. The van der Waals surface area contributed by atoms with Crippen molar-refractivity contribution < 1.29 is 26.8 Å². The van der Waals surface area contributed by atoms with Gasteiger partial charge >= 0.3 is 0 Å². The van der Waals surface area contributed by atoms with Gasteiger partial charge in [0.05, 0.1) is 4.90 Å². The second-order valence-electron chi connectivity index (χ2n) is 7.03. The van der Waals surface area contributed by atoms with E-state index in [1.54, 1.807) is 24.3 Å². The summed E-state index contributed by atoms with van der Waals surface area (Å²) >= 11 is 0. The van der Waals surface area contributed by atoms with Crippen molar-refractivity contribution in [3.05, 3.63) is 90.0 Å². The summed E-state index contributed by atoms with van der Waals surface area (Å²) in [6, 6.07) is 16.9. The molecule has 3 N–H and O–H groups in total. The molecule has 0 spiro atoms. The number of anilines is 2. The highest BCUT2D eigenvalue weighted by atomic mass is 32.2. The summed E-state index contributed by atoms with van der Waals surface area (Å²) in [4.78, 5) is 23.6. The molecule has 0 aromatic heterocycles. The molecule has 0 atom stereocenters. The number of amides is 2. The first kappa shape index (κ1) is 23.9. The monoisotopic (exact) mass is 473 g/mol. The van der Waals surface area contributed by atoms with Crippen molar-refractivity contribution in [2.75, 3.05) is 16.6 Å². The third-order valence-electron chi connectivity index (χ3n) is 4.52. The van der Waals surface area contributed by atoms with Crippen LogP contribution in [-0.2, 0) is 14.8 Å². The van der Waals surface area contributed by atoms with Crippen molar-refractivity contribution in [1.82, 2.24) is 5.32 Å². The highest BCUT2D eigenvalue weighted by Gasteiger charge is 2.16. The Bertz CT molecular complexity index is 1230. The first-order chi connectivity index (χ1) is 15.7. The van der Waals surface area contributed by atoms with Gasteiger partial charge < -0.3 is 10.6 Å². The Kier molecular flexibility index (Phi) is 7.73. The Balaban J connectivity index is 1.46. The third-order valence-corrected chi connectivity index (χ3v) is 5.90. The minimum atomic E-state index is -4.11. The van der Waals surface area contributed by atoms with Gasteiger partial charge in [-0.2, -0.15) is 0 Å². The van der Waals surface area contributed by atoms with Gasteiger partial charge in [-0.25, -0.2) is 17.2 Å². The number of hydrogen-bond donors (Lipinski definition) is 3. The minimum Gasteiger partial charge on any atom is -0.352 e. The molecule has 0 aliphatic heterocycles. The standard InChI is InChI=1S/C23H21F2N3O4S/c24-20-13-12-19(15-21(20)25)33(31,32)28-18-10-8-17(9-11-18)27-22(29)7-4-14-26-23(30)16-5-2-1-3-6-16/h1-3,5-6,8-13,15,28H,4,7,14H2,(H,26,30)(H,27,29). The van der Waals surface area contributed by atoms with Crippen LogP contribution in [0, 0.1) is 11.6 Å². The Morgan fingerprint density at radius 3 is 2.15 bits per heavy atom. The summed E-state index contributed by atoms with van der Waals surface area (Å²) in [6.07, 6.45) is 0.621. The number of carbonyl (C=O) groups excluding carboxylic acids is 2. The van der Waals surface area contributed by atoms with Crippen LogP contribution in [0.5, 0.6) is 0 Å². The molecule has 10 heteroatoms. The van der Waals surface area contributed by atoms with E-state index in [0.29, 0.717) is 30.3 Å². The largest absolute Gasteiger partial charge is 0.352 e. The van der Waals surface area contributed by atoms with E-state index >= 15 is 0 Å². The van der Waals surface area contributed by atoms with Crippen molar-refractivity contribution in [1.29, 1.82) is 0 Å². The Morgan fingerprint density at radius 2 is 1.48 bits per heavy atom. The molecular formula is C23H21F2N3O4S. The predicted octanol–water partition coefficient (Wildman–Crippen LogP) is 3.91. The second-order valence-corrected chi connectivity index (χ2v) is 8.71. The van der Waals surface area contributed by atoms with Crippen LogP contribution in [0.4, 0.5) is 20.2 Å². The van der Waals surface area contributed by atoms with Crippen molar-refractivity contribution in [3.8, 4) is 0 Å². The molecule has 0 saturated heterocycles. The lowest BCUT2D eigenvalue weighted by Crippen LogP contribution is -2.25. The van der Waals surface area contributed by atoms with Crippen LogP contribution < -0.4 is 15.4 Å². The Hall–Kier alpha value is -3.79. The van der Waals surface area contributed by atoms with Crippen LogP contribution in [0.3, 0.4) is 0 Å². The van der Waals surface area contributed by atoms with E-state index < -0.39 is 26.6 Å². The molecule has 0 saturated carbocycles. The zero-order valence-electron chi connectivity index (χ0n) is 17.3. The normalized spacial score (nSPS) is 11.0. The second kappa shape index (κ2) is 10.7. The summed E-state index contributed by atoms with van der Waals surface area (Å²) in [7, 11) is -4.11. The van der Waals surface area contributed by atoms with Crippen LogP contribution in [0.1, 0.15) is 23.2 Å². The van der Waals surface area contributed by atoms with E-state index in [-0.39, 0.29) is 23.9 Å². The number of hydrogen-bond acceptors (Lipinski definition) is 4. The molecule has 0 fully saturated rings. The van der Waals surface area contributed by atoms with Gasteiger partial charge in [0.2, 0.25) is 5.91 Å². The number of carbonyl (C=O) groups is 2. The molecule has 33 heavy (non-hydrogen) atoms. The smallest absolute Gasteiger partial charge is 0.261 e. The van der Waals surface area contributed by atoms with E-state index in [4.69, 9.17) is 0 Å². The van der Waals surface area contributed by atoms with Gasteiger partial charge in [0.25, 0.3) is 15.9 Å². The summed E-state index contributed by atoms with van der Waals surface area (Å²) < 4.78 is 53.2. The molecule has 0 unspecified atom stereocenters. The van der Waals surface area contributed by atoms with E-state index in [0.717, 1.165) is 12.1 Å². The van der Waals surface area contributed by atoms with E-state index in [9.17, 15) is 26.8 Å². The molecule has 3 aromatic carbocycles. The van der Waals surface area contributed by atoms with Gasteiger partial charge in [-0.15, -0.1) is 0 Å². The van der Waals surface area contributed by atoms with Crippen LogP contribution in [-0.4, -0.2) is 26.8 Å². The topological polar surface area (TPSA) is 104 Å². The number of halogens is 2. The fourth-order valence-corrected chi connectivity index (χ4v) is 3.92. The van der Waals surface area contributed by atoms with Crippen molar-refractivity contribution in [2.45, 2.75) is 17.7 Å². The summed E-state index contributed by atoms with van der Waals surface area (Å²) in [5.74, 6) is -2.89. The van der Waals surface area contributed by atoms with Crippen molar-refractivity contribution in [3.63, 3.8) is 0 Å². The number of sulfonamides is 1. The van der Waals surface area contributed by atoms with E-state index in [1.165, 1.54) is 24.3 Å². The molecule has 0 bridgehead atoms. The lowest BCUT2D eigenvalue weighted by molar-refractivity contribution is -0.116. The maximum Gasteiger partial charge on any atom is 0.261 e. The molecule has 0 aliphatic rings. The molecule has 0 radical (unpaired) electrons. The van der Waals surface area contributed by atoms with Gasteiger partial charge in [-0.05, 0) is 61.0 Å². The van der Waals surface area contributed by atoms with Crippen LogP contribution in [0.25, 0.3) is 0 Å². The maximum atomic E-state index is 13.3. The first-order valence-corrected chi connectivity index (χ1v) is 11.4. The number of nitrogens with one attached hydrogen (secondary N) is 3. The predicted molar refractivity (Wildman–Crippen MR) is 120 cm³/mol. The zero-order chi connectivity index (χ0) is 23.8. The molecule has 7 nitrogen and oxygen atoms in total. The van der Waals surface area contributed by atoms with Gasteiger partial charge in [0.15, 0.2) is 11.6 Å². The maximum absolute atomic E-state index is 13.3. The Morgan fingerprint density at radius 1 is 0.818 bits per heavy atom. The quantitative estimate of drug-likeness (QED) is 0.410. The number of rotatable bonds is 9. The van der Waals surface area contributed by atoms with E-state index in [1.807, 2.05) is 6.07 Å². The molecule has 3 aromatic rings. The van der Waals surface area contributed by atoms with Crippen LogP contribution in [0.2, 0.25) is 0 Å². The summed E-state index contributed by atoms with van der Waals surface area (Å²) in [5, 5.41) is 5.42. The zero-order valence-corrected chi connectivity index (χ0v) is 18.2. The lowest BCUT2D eigenvalue weighted by Gasteiger charge is -2.10. The minimum absolute atomic E-state index is 0.180. The number of benzene rings is 3. The molecule has 2 amide bonds. The third kappa shape index (κ3) is 6.84. The lowest BCUT2D eigenvalue weighted by atomic mass is 10.2. The summed E-state index contributed by atoms with van der Waals surface area (Å²) in [5.41, 5.74) is 1.17. The highest BCUT2D eigenvalue weighted by Crippen LogP contribution is 2.20. The average Bonchev–Trinajstić information content (AvgIpc) is 2.80. The highest BCUT2D eigenvalue weighted by molar-refractivity contribution is 7.92. The van der Waals surface area contributed by atoms with Crippen LogP contribution in [0.15, 0.2) is 77.7 Å². The fraction of sp³-hybridized carbons (Fsp3) is 0.130. The molecule has 0 aliphatic carbocycles.